The second kappa shape index (κ2) is 11.4. The van der Waals surface area contributed by atoms with Crippen molar-refractivity contribution in [2.45, 2.75) is 39.5 Å². The molecule has 170 valence electrons. The molecule has 0 unspecified atom stereocenters. The quantitative estimate of drug-likeness (QED) is 0.349. The molecular formula is C19H29F2IN4O4. The van der Waals surface area contributed by atoms with Gasteiger partial charge in [-0.15, -0.1) is 24.0 Å². The molecule has 1 aromatic rings. The number of nitrogens with two attached hydrogens (primary N) is 1. The van der Waals surface area contributed by atoms with Gasteiger partial charge in [-0.05, 0) is 39.0 Å². The van der Waals surface area contributed by atoms with Crippen molar-refractivity contribution in [3.8, 4) is 11.5 Å². The Labute approximate surface area is 192 Å². The Morgan fingerprint density at radius 3 is 2.33 bits per heavy atom. The average Bonchev–Trinajstić information content (AvgIpc) is 2.65. The van der Waals surface area contributed by atoms with Gasteiger partial charge >= 0.3 is 12.7 Å². The summed E-state index contributed by atoms with van der Waals surface area (Å²) in [5.74, 6) is 0.785. The fraction of sp³-hybridized carbons (Fsp3) is 0.579. The largest absolute Gasteiger partial charge is 0.497 e. The maximum atomic E-state index is 12.6. The van der Waals surface area contributed by atoms with Crippen molar-refractivity contribution in [2.24, 2.45) is 10.7 Å². The van der Waals surface area contributed by atoms with E-state index in [9.17, 15) is 13.6 Å². The van der Waals surface area contributed by atoms with Crippen molar-refractivity contribution in [1.29, 1.82) is 0 Å². The standard InChI is InChI=1S/C19H28F2N4O4.HI/c1-19(2,3)29-18(26)25-9-7-24(8-10-25)17(22)23-12-13-11-14(27-4)5-6-15(13)28-16(20)21;/h5-6,11,16H,7-10,12H2,1-4H3,(H2,22,23);1H. The summed E-state index contributed by atoms with van der Waals surface area (Å²) in [6.07, 6.45) is -0.363. The summed E-state index contributed by atoms with van der Waals surface area (Å²) in [6, 6.07) is 4.52. The minimum absolute atomic E-state index is 0. The molecule has 30 heavy (non-hydrogen) atoms. The molecule has 1 aromatic carbocycles. The van der Waals surface area contributed by atoms with E-state index in [2.05, 4.69) is 9.73 Å². The van der Waals surface area contributed by atoms with E-state index >= 15 is 0 Å². The lowest BCUT2D eigenvalue weighted by Gasteiger charge is -2.36. The van der Waals surface area contributed by atoms with Crippen molar-refractivity contribution in [2.75, 3.05) is 33.3 Å². The van der Waals surface area contributed by atoms with Crippen LogP contribution in [0.3, 0.4) is 0 Å². The summed E-state index contributed by atoms with van der Waals surface area (Å²) in [6.45, 7) is 4.44. The van der Waals surface area contributed by atoms with Crippen molar-refractivity contribution in [3.05, 3.63) is 23.8 Å². The van der Waals surface area contributed by atoms with Gasteiger partial charge in [-0.3, -0.25) is 0 Å². The molecule has 1 aliphatic heterocycles. The van der Waals surface area contributed by atoms with Crippen LogP contribution in [0, 0.1) is 0 Å². The van der Waals surface area contributed by atoms with Crippen molar-refractivity contribution < 1.29 is 27.8 Å². The lowest BCUT2D eigenvalue weighted by atomic mass is 10.2. The Morgan fingerprint density at radius 1 is 1.20 bits per heavy atom. The van der Waals surface area contributed by atoms with E-state index in [1.165, 1.54) is 19.2 Å². The molecule has 1 saturated heterocycles. The Bertz CT molecular complexity index is 736. The van der Waals surface area contributed by atoms with Gasteiger partial charge in [0.2, 0.25) is 0 Å². The van der Waals surface area contributed by atoms with Crippen LogP contribution in [0.2, 0.25) is 0 Å². The first kappa shape index (κ1) is 26.0. The van der Waals surface area contributed by atoms with E-state index < -0.39 is 12.2 Å². The van der Waals surface area contributed by atoms with Crippen molar-refractivity contribution in [3.63, 3.8) is 0 Å². The van der Waals surface area contributed by atoms with Gasteiger partial charge in [-0.1, -0.05) is 0 Å². The molecule has 0 saturated carbocycles. The molecule has 2 rings (SSSR count). The molecule has 0 spiro atoms. The number of methoxy groups -OCH3 is 1. The summed E-state index contributed by atoms with van der Waals surface area (Å²) >= 11 is 0. The topological polar surface area (TPSA) is 89.6 Å². The van der Waals surface area contributed by atoms with Gasteiger partial charge in [0.1, 0.15) is 17.1 Å². The van der Waals surface area contributed by atoms with Gasteiger partial charge in [-0.25, -0.2) is 9.79 Å². The first-order chi connectivity index (χ1) is 13.6. The maximum absolute atomic E-state index is 12.6. The summed E-state index contributed by atoms with van der Waals surface area (Å²) in [4.78, 5) is 19.9. The van der Waals surface area contributed by atoms with Crippen LogP contribution in [0.4, 0.5) is 13.6 Å². The SMILES string of the molecule is COc1ccc(OC(F)F)c(CN=C(N)N2CCN(C(=O)OC(C)(C)C)CC2)c1.I. The monoisotopic (exact) mass is 542 g/mol. The zero-order valence-corrected chi connectivity index (χ0v) is 19.9. The van der Waals surface area contributed by atoms with Crippen molar-refractivity contribution >= 4 is 36.0 Å². The summed E-state index contributed by atoms with van der Waals surface area (Å²) in [5, 5.41) is 0. The fourth-order valence-electron chi connectivity index (χ4n) is 2.73. The molecule has 1 heterocycles. The van der Waals surface area contributed by atoms with Gasteiger partial charge in [0, 0.05) is 31.7 Å². The normalized spacial score (nSPS) is 15.0. The third kappa shape index (κ3) is 8.00. The second-order valence-electron chi connectivity index (χ2n) is 7.48. The van der Waals surface area contributed by atoms with E-state index in [0.717, 1.165) is 0 Å². The zero-order valence-electron chi connectivity index (χ0n) is 17.6. The van der Waals surface area contributed by atoms with Crippen LogP contribution in [0.25, 0.3) is 0 Å². The number of guanidine groups is 1. The molecule has 11 heteroatoms. The van der Waals surface area contributed by atoms with Gasteiger partial charge < -0.3 is 29.7 Å². The van der Waals surface area contributed by atoms with E-state index in [1.807, 2.05) is 25.7 Å². The van der Waals surface area contributed by atoms with E-state index in [-0.39, 0.29) is 48.3 Å². The Balaban J connectivity index is 0.00000450. The van der Waals surface area contributed by atoms with Crippen LogP contribution in [-0.2, 0) is 11.3 Å². The number of carbonyl (C=O) groups excluding carboxylic acids is 1. The number of ether oxygens (including phenoxy) is 3. The van der Waals surface area contributed by atoms with Crippen molar-refractivity contribution in [1.82, 2.24) is 9.80 Å². The third-order valence-corrected chi connectivity index (χ3v) is 4.15. The number of rotatable bonds is 5. The second-order valence-corrected chi connectivity index (χ2v) is 7.48. The molecule has 0 aromatic heterocycles. The van der Waals surface area contributed by atoms with E-state index in [4.69, 9.17) is 15.2 Å². The van der Waals surface area contributed by atoms with Crippen LogP contribution >= 0.6 is 24.0 Å². The number of piperazine rings is 1. The Hall–Kier alpha value is -2.05. The van der Waals surface area contributed by atoms with Gasteiger partial charge in [0.05, 0.1) is 13.7 Å². The number of alkyl halides is 2. The first-order valence-corrected chi connectivity index (χ1v) is 9.23. The van der Waals surface area contributed by atoms with Crippen LogP contribution in [0.1, 0.15) is 26.3 Å². The minimum Gasteiger partial charge on any atom is -0.497 e. The highest BCUT2D eigenvalue weighted by atomic mass is 127. The average molecular weight is 542 g/mol. The number of hydrogen-bond acceptors (Lipinski definition) is 5. The molecule has 0 radical (unpaired) electrons. The Morgan fingerprint density at radius 2 is 1.80 bits per heavy atom. The molecule has 0 bridgehead atoms. The van der Waals surface area contributed by atoms with Gasteiger partial charge in [0.15, 0.2) is 5.96 Å². The summed E-state index contributed by atoms with van der Waals surface area (Å²) < 4.78 is 40.2. The van der Waals surface area contributed by atoms with Crippen LogP contribution < -0.4 is 15.2 Å². The number of halogens is 3. The first-order valence-electron chi connectivity index (χ1n) is 9.23. The molecule has 1 aliphatic rings. The highest BCUT2D eigenvalue weighted by molar-refractivity contribution is 14.0. The number of carbonyl (C=O) groups is 1. The highest BCUT2D eigenvalue weighted by Crippen LogP contribution is 2.26. The molecule has 1 fully saturated rings. The van der Waals surface area contributed by atoms with Crippen LogP contribution in [0.15, 0.2) is 23.2 Å². The predicted molar refractivity (Wildman–Crippen MR) is 120 cm³/mol. The lowest BCUT2D eigenvalue weighted by Crippen LogP contribution is -2.53. The minimum atomic E-state index is -2.94. The van der Waals surface area contributed by atoms with Gasteiger partial charge in [-0.2, -0.15) is 8.78 Å². The zero-order chi connectivity index (χ0) is 21.6. The third-order valence-electron chi connectivity index (χ3n) is 4.15. The number of hydrogen-bond donors (Lipinski definition) is 1. The predicted octanol–water partition coefficient (Wildman–Crippen LogP) is 3.28. The van der Waals surface area contributed by atoms with E-state index in [0.29, 0.717) is 37.5 Å². The molecular weight excluding hydrogens is 513 g/mol. The smallest absolute Gasteiger partial charge is 0.410 e. The molecule has 1 amide bonds. The number of amides is 1. The number of benzene rings is 1. The molecule has 2 N–H and O–H groups in total. The van der Waals surface area contributed by atoms with Gasteiger partial charge in [0.25, 0.3) is 0 Å². The van der Waals surface area contributed by atoms with E-state index in [1.54, 1.807) is 11.0 Å². The van der Waals surface area contributed by atoms with Crippen LogP contribution in [0.5, 0.6) is 11.5 Å². The van der Waals surface area contributed by atoms with Crippen LogP contribution in [-0.4, -0.2) is 67.4 Å². The molecule has 8 nitrogen and oxygen atoms in total. The lowest BCUT2D eigenvalue weighted by molar-refractivity contribution is -0.0504. The fourth-order valence-corrected chi connectivity index (χ4v) is 2.73. The Kier molecular flexibility index (Phi) is 9.85. The highest BCUT2D eigenvalue weighted by Gasteiger charge is 2.26. The number of nitrogens with zero attached hydrogens (tertiary/aromatic N) is 3. The number of aliphatic imine (C=N–C) groups is 1. The maximum Gasteiger partial charge on any atom is 0.410 e. The molecule has 0 aliphatic carbocycles. The molecule has 0 atom stereocenters. The summed E-state index contributed by atoms with van der Waals surface area (Å²) in [5.41, 5.74) is 5.94. The summed E-state index contributed by atoms with van der Waals surface area (Å²) in [7, 11) is 1.48.